The van der Waals surface area contributed by atoms with Crippen molar-refractivity contribution in [2.24, 2.45) is 5.92 Å². The molecule has 0 aromatic heterocycles. The fourth-order valence-electron chi connectivity index (χ4n) is 2.12. The van der Waals surface area contributed by atoms with E-state index in [0.29, 0.717) is 11.8 Å². The van der Waals surface area contributed by atoms with Crippen LogP contribution >= 0.6 is 27.5 Å². The van der Waals surface area contributed by atoms with E-state index in [1.165, 1.54) is 0 Å². The molecule has 0 saturated carbocycles. The first kappa shape index (κ1) is 12.9. The maximum absolute atomic E-state index is 12.3. The van der Waals surface area contributed by atoms with Crippen LogP contribution in [0.2, 0.25) is 0 Å². The van der Waals surface area contributed by atoms with Gasteiger partial charge in [0.15, 0.2) is 0 Å². The lowest BCUT2D eigenvalue weighted by Gasteiger charge is -2.17. The molecule has 1 unspecified atom stereocenters. The number of carbonyl (C=O) groups is 1. The number of aryl methyl sites for hydroxylation is 1. The molecule has 2 nitrogen and oxygen atoms in total. The molecule has 0 spiro atoms. The van der Waals surface area contributed by atoms with E-state index in [4.69, 9.17) is 11.6 Å². The Kier molecular flexibility index (Phi) is 4.10. The molecule has 1 aliphatic heterocycles. The average molecular weight is 317 g/mol. The number of nitrogens with zero attached hydrogens (tertiary/aromatic N) is 1. The Morgan fingerprint density at radius 1 is 1.59 bits per heavy atom. The summed E-state index contributed by atoms with van der Waals surface area (Å²) < 4.78 is 0.863. The van der Waals surface area contributed by atoms with Crippen LogP contribution < -0.4 is 0 Å². The molecule has 4 heteroatoms. The molecule has 1 aliphatic rings. The molecule has 1 fully saturated rings. The van der Waals surface area contributed by atoms with Crippen molar-refractivity contribution in [3.8, 4) is 0 Å². The molecule has 0 radical (unpaired) electrons. The van der Waals surface area contributed by atoms with Gasteiger partial charge in [-0.15, -0.1) is 11.6 Å². The maximum atomic E-state index is 12.3. The number of carbonyl (C=O) groups excluding carboxylic acids is 1. The highest BCUT2D eigenvalue weighted by Gasteiger charge is 2.27. The minimum absolute atomic E-state index is 0.105. The number of amides is 1. The first-order chi connectivity index (χ1) is 8.11. The van der Waals surface area contributed by atoms with E-state index in [2.05, 4.69) is 15.9 Å². The highest BCUT2D eigenvalue weighted by Crippen LogP contribution is 2.24. The Balaban J connectivity index is 2.17. The van der Waals surface area contributed by atoms with Gasteiger partial charge >= 0.3 is 0 Å². The molecule has 1 aromatic carbocycles. The SMILES string of the molecule is Cc1ccc(Br)c(C(=O)N2CCC(CCl)C2)c1. The molecule has 1 saturated heterocycles. The third kappa shape index (κ3) is 2.83. The molecule has 17 heavy (non-hydrogen) atoms. The molecule has 92 valence electrons. The molecular weight excluding hydrogens is 302 g/mol. The Bertz CT molecular complexity index is 435. The van der Waals surface area contributed by atoms with Gasteiger partial charge in [0.1, 0.15) is 0 Å². The lowest BCUT2D eigenvalue weighted by molar-refractivity contribution is 0.0787. The lowest BCUT2D eigenvalue weighted by Crippen LogP contribution is -2.29. The minimum atomic E-state index is 0.105. The molecule has 0 N–H and O–H groups in total. The average Bonchev–Trinajstić information content (AvgIpc) is 2.80. The fourth-order valence-corrected chi connectivity index (χ4v) is 2.78. The van der Waals surface area contributed by atoms with Gasteiger partial charge in [-0.3, -0.25) is 4.79 Å². The van der Waals surface area contributed by atoms with Crippen molar-refractivity contribution in [2.45, 2.75) is 13.3 Å². The van der Waals surface area contributed by atoms with Gasteiger partial charge in [-0.05, 0) is 47.3 Å². The summed E-state index contributed by atoms with van der Waals surface area (Å²) in [4.78, 5) is 14.2. The third-order valence-corrected chi connectivity index (χ3v) is 4.27. The van der Waals surface area contributed by atoms with Crippen LogP contribution in [0, 0.1) is 12.8 Å². The number of hydrogen-bond donors (Lipinski definition) is 0. The number of rotatable bonds is 2. The quantitative estimate of drug-likeness (QED) is 0.765. The van der Waals surface area contributed by atoms with Gasteiger partial charge in [0.2, 0.25) is 0 Å². The summed E-state index contributed by atoms with van der Waals surface area (Å²) in [7, 11) is 0. The Hall–Kier alpha value is -0.540. The molecular formula is C13H15BrClNO. The van der Waals surface area contributed by atoms with Gasteiger partial charge in [-0.25, -0.2) is 0 Å². The number of halogens is 2. The molecule has 0 aliphatic carbocycles. The van der Waals surface area contributed by atoms with Crippen molar-refractivity contribution in [3.63, 3.8) is 0 Å². The fraction of sp³-hybridized carbons (Fsp3) is 0.462. The standard InChI is InChI=1S/C13H15BrClNO/c1-9-2-3-12(14)11(6-9)13(17)16-5-4-10(7-15)8-16/h2-3,6,10H,4-5,7-8H2,1H3. The van der Waals surface area contributed by atoms with E-state index in [1.54, 1.807) is 0 Å². The van der Waals surface area contributed by atoms with Crippen molar-refractivity contribution < 1.29 is 4.79 Å². The van der Waals surface area contributed by atoms with E-state index >= 15 is 0 Å². The Morgan fingerprint density at radius 3 is 3.00 bits per heavy atom. The highest BCUT2D eigenvalue weighted by atomic mass is 79.9. The molecule has 1 atom stereocenters. The zero-order chi connectivity index (χ0) is 12.4. The summed E-state index contributed by atoms with van der Waals surface area (Å²) in [5, 5.41) is 0. The molecule has 2 rings (SSSR count). The third-order valence-electron chi connectivity index (χ3n) is 3.14. The number of alkyl halides is 1. The van der Waals surface area contributed by atoms with Crippen LogP contribution in [0.5, 0.6) is 0 Å². The maximum Gasteiger partial charge on any atom is 0.255 e. The van der Waals surface area contributed by atoms with Crippen molar-refractivity contribution in [1.82, 2.24) is 4.90 Å². The Morgan fingerprint density at radius 2 is 2.35 bits per heavy atom. The van der Waals surface area contributed by atoms with Crippen LogP contribution in [0.4, 0.5) is 0 Å². The summed E-state index contributed by atoms with van der Waals surface area (Å²) in [6.07, 6.45) is 1.01. The van der Waals surface area contributed by atoms with Crippen LogP contribution in [0.1, 0.15) is 22.3 Å². The molecule has 0 bridgehead atoms. The smallest absolute Gasteiger partial charge is 0.255 e. The van der Waals surface area contributed by atoms with Crippen molar-refractivity contribution in [2.75, 3.05) is 19.0 Å². The topological polar surface area (TPSA) is 20.3 Å². The summed E-state index contributed by atoms with van der Waals surface area (Å²) >= 11 is 9.27. The minimum Gasteiger partial charge on any atom is -0.338 e. The Labute approximate surface area is 115 Å². The summed E-state index contributed by atoms with van der Waals surface area (Å²) in [6.45, 7) is 3.59. The monoisotopic (exact) mass is 315 g/mol. The van der Waals surface area contributed by atoms with Gasteiger partial charge < -0.3 is 4.90 Å². The predicted molar refractivity (Wildman–Crippen MR) is 73.6 cm³/mol. The first-order valence-electron chi connectivity index (χ1n) is 5.73. The largest absolute Gasteiger partial charge is 0.338 e. The zero-order valence-electron chi connectivity index (χ0n) is 9.75. The van der Waals surface area contributed by atoms with Gasteiger partial charge in [0, 0.05) is 23.4 Å². The van der Waals surface area contributed by atoms with E-state index in [9.17, 15) is 4.79 Å². The van der Waals surface area contributed by atoms with Crippen LogP contribution in [0.25, 0.3) is 0 Å². The second-order valence-corrected chi connectivity index (χ2v) is 5.71. The lowest BCUT2D eigenvalue weighted by atomic mass is 10.1. The van der Waals surface area contributed by atoms with Crippen molar-refractivity contribution >= 4 is 33.4 Å². The van der Waals surface area contributed by atoms with Crippen LogP contribution in [-0.2, 0) is 0 Å². The van der Waals surface area contributed by atoms with Gasteiger partial charge in [-0.2, -0.15) is 0 Å². The second-order valence-electron chi connectivity index (χ2n) is 4.54. The zero-order valence-corrected chi connectivity index (χ0v) is 12.1. The molecule has 1 amide bonds. The van der Waals surface area contributed by atoms with Gasteiger partial charge in [-0.1, -0.05) is 11.6 Å². The van der Waals surface area contributed by atoms with Crippen molar-refractivity contribution in [3.05, 3.63) is 33.8 Å². The number of hydrogen-bond acceptors (Lipinski definition) is 1. The van der Waals surface area contributed by atoms with E-state index < -0.39 is 0 Å². The van der Waals surface area contributed by atoms with Crippen LogP contribution in [-0.4, -0.2) is 29.8 Å². The summed E-state index contributed by atoms with van der Waals surface area (Å²) in [5.41, 5.74) is 1.85. The predicted octanol–water partition coefficient (Wildman–Crippen LogP) is 3.46. The highest BCUT2D eigenvalue weighted by molar-refractivity contribution is 9.10. The first-order valence-corrected chi connectivity index (χ1v) is 7.06. The van der Waals surface area contributed by atoms with Crippen molar-refractivity contribution in [1.29, 1.82) is 0 Å². The van der Waals surface area contributed by atoms with E-state index in [1.807, 2.05) is 30.0 Å². The van der Waals surface area contributed by atoms with E-state index in [0.717, 1.165) is 35.1 Å². The molecule has 1 heterocycles. The van der Waals surface area contributed by atoms with Gasteiger partial charge in [0.25, 0.3) is 5.91 Å². The van der Waals surface area contributed by atoms with E-state index in [-0.39, 0.29) is 5.91 Å². The number of benzene rings is 1. The normalized spacial score (nSPS) is 19.7. The van der Waals surface area contributed by atoms with Crippen LogP contribution in [0.3, 0.4) is 0 Å². The molecule has 1 aromatic rings. The second kappa shape index (κ2) is 5.40. The van der Waals surface area contributed by atoms with Crippen LogP contribution in [0.15, 0.2) is 22.7 Å². The summed E-state index contributed by atoms with van der Waals surface area (Å²) in [6, 6.07) is 5.85. The number of likely N-dealkylation sites (tertiary alicyclic amines) is 1. The van der Waals surface area contributed by atoms with Gasteiger partial charge in [0.05, 0.1) is 5.56 Å². The summed E-state index contributed by atoms with van der Waals surface area (Å²) in [5.74, 6) is 1.19.